The normalized spacial score (nSPS) is 12.9. The molecule has 0 spiro atoms. The van der Waals surface area contributed by atoms with Gasteiger partial charge in [0.25, 0.3) is 0 Å². The van der Waals surface area contributed by atoms with Crippen LogP contribution in [0.1, 0.15) is 265 Å². The average Bonchev–Trinajstić information content (AvgIpc) is 3.37. The molecule has 0 amide bonds. The molecule has 404 valence electrons. The van der Waals surface area contributed by atoms with Crippen molar-refractivity contribution in [2.75, 3.05) is 13.2 Å². The zero-order valence-electron chi connectivity index (χ0n) is 46.2. The van der Waals surface area contributed by atoms with Crippen LogP contribution in [0.15, 0.2) is 109 Å². The van der Waals surface area contributed by atoms with Crippen LogP contribution < -0.4 is 0 Å². The molecular formula is C65H108O6. The van der Waals surface area contributed by atoms with Crippen molar-refractivity contribution in [2.45, 2.75) is 271 Å². The van der Waals surface area contributed by atoms with Gasteiger partial charge in [0.2, 0.25) is 0 Å². The summed E-state index contributed by atoms with van der Waals surface area (Å²) in [5.41, 5.74) is 0. The van der Waals surface area contributed by atoms with Gasteiger partial charge in [-0.25, -0.2) is 0 Å². The predicted octanol–water partition coefficient (Wildman–Crippen LogP) is 19.9. The first kappa shape index (κ1) is 67.1. The third-order valence-electron chi connectivity index (χ3n) is 12.3. The fraction of sp³-hybridized carbons (Fsp3) is 0.677. The van der Waals surface area contributed by atoms with Crippen molar-refractivity contribution in [3.05, 3.63) is 109 Å². The maximum atomic E-state index is 12.7. The SMILES string of the molecule is CC/C=C\C/C=C\C/C=C\C/C=C\C/C=C\C/C=C\C/C=C\C/C=C\CCCCCCCCCCCCC(=O)OCC(COC(=O)CCCCCCC)OC(=O)CCCCCCC/C=C\CCCCCC. The van der Waals surface area contributed by atoms with Crippen LogP contribution in [-0.2, 0) is 28.6 Å². The average molecular weight is 986 g/mol. The summed E-state index contributed by atoms with van der Waals surface area (Å²) in [5.74, 6) is -0.910. The van der Waals surface area contributed by atoms with E-state index in [0.717, 1.165) is 128 Å². The summed E-state index contributed by atoms with van der Waals surface area (Å²) < 4.78 is 16.7. The fourth-order valence-corrected chi connectivity index (χ4v) is 7.86. The van der Waals surface area contributed by atoms with Crippen molar-refractivity contribution in [3.8, 4) is 0 Å². The Morgan fingerprint density at radius 1 is 0.296 bits per heavy atom. The van der Waals surface area contributed by atoms with E-state index in [1.807, 2.05) is 0 Å². The fourth-order valence-electron chi connectivity index (χ4n) is 7.86. The van der Waals surface area contributed by atoms with Gasteiger partial charge in [-0.3, -0.25) is 14.4 Å². The smallest absolute Gasteiger partial charge is 0.306 e. The molecule has 0 bridgehead atoms. The Kier molecular flexibility index (Phi) is 55.4. The van der Waals surface area contributed by atoms with E-state index >= 15 is 0 Å². The number of allylic oxidation sites excluding steroid dienone is 18. The van der Waals surface area contributed by atoms with Gasteiger partial charge in [0.15, 0.2) is 6.10 Å². The number of unbranched alkanes of at least 4 members (excludes halogenated alkanes) is 23. The Hall–Kier alpha value is -3.93. The molecule has 0 aliphatic carbocycles. The largest absolute Gasteiger partial charge is 0.462 e. The van der Waals surface area contributed by atoms with Gasteiger partial charge in [-0.15, -0.1) is 0 Å². The first-order chi connectivity index (χ1) is 35.0. The number of carbonyl (C=O) groups is 3. The van der Waals surface area contributed by atoms with E-state index in [2.05, 4.69) is 130 Å². The number of rotatable bonds is 52. The van der Waals surface area contributed by atoms with E-state index in [1.54, 1.807) is 0 Å². The van der Waals surface area contributed by atoms with Crippen molar-refractivity contribution in [1.82, 2.24) is 0 Å². The molecule has 0 radical (unpaired) electrons. The van der Waals surface area contributed by atoms with Crippen LogP contribution >= 0.6 is 0 Å². The molecule has 6 heteroatoms. The minimum Gasteiger partial charge on any atom is -0.462 e. The molecule has 0 aromatic rings. The molecule has 6 nitrogen and oxygen atoms in total. The van der Waals surface area contributed by atoms with Crippen molar-refractivity contribution in [3.63, 3.8) is 0 Å². The van der Waals surface area contributed by atoms with Crippen LogP contribution in [0.25, 0.3) is 0 Å². The summed E-state index contributed by atoms with van der Waals surface area (Å²) >= 11 is 0. The summed E-state index contributed by atoms with van der Waals surface area (Å²) in [4.78, 5) is 37.7. The molecule has 0 saturated carbocycles. The molecule has 71 heavy (non-hydrogen) atoms. The van der Waals surface area contributed by atoms with Crippen molar-refractivity contribution in [1.29, 1.82) is 0 Å². The van der Waals surface area contributed by atoms with Gasteiger partial charge in [0.1, 0.15) is 13.2 Å². The zero-order valence-corrected chi connectivity index (χ0v) is 46.2. The third kappa shape index (κ3) is 56.9. The highest BCUT2D eigenvalue weighted by Crippen LogP contribution is 2.15. The van der Waals surface area contributed by atoms with Crippen LogP contribution in [0, 0.1) is 0 Å². The number of hydrogen-bond acceptors (Lipinski definition) is 6. The molecule has 0 aliphatic heterocycles. The van der Waals surface area contributed by atoms with Crippen molar-refractivity contribution >= 4 is 17.9 Å². The Bertz CT molecular complexity index is 1460. The number of carbonyl (C=O) groups excluding carboxylic acids is 3. The van der Waals surface area contributed by atoms with Gasteiger partial charge < -0.3 is 14.2 Å². The summed E-state index contributed by atoms with van der Waals surface area (Å²) in [6, 6.07) is 0. The lowest BCUT2D eigenvalue weighted by Gasteiger charge is -2.18. The summed E-state index contributed by atoms with van der Waals surface area (Å²) in [6.45, 7) is 6.41. The van der Waals surface area contributed by atoms with E-state index in [0.29, 0.717) is 19.3 Å². The molecule has 0 N–H and O–H groups in total. The van der Waals surface area contributed by atoms with E-state index in [9.17, 15) is 14.4 Å². The Morgan fingerprint density at radius 3 is 0.887 bits per heavy atom. The predicted molar refractivity (Wildman–Crippen MR) is 307 cm³/mol. The van der Waals surface area contributed by atoms with Crippen LogP contribution in [0.2, 0.25) is 0 Å². The second-order valence-corrected chi connectivity index (χ2v) is 19.2. The Morgan fingerprint density at radius 2 is 0.549 bits per heavy atom. The maximum Gasteiger partial charge on any atom is 0.306 e. The Balaban J connectivity index is 4.01. The molecule has 1 atom stereocenters. The first-order valence-corrected chi connectivity index (χ1v) is 29.4. The lowest BCUT2D eigenvalue weighted by molar-refractivity contribution is -0.167. The zero-order chi connectivity index (χ0) is 51.4. The highest BCUT2D eigenvalue weighted by atomic mass is 16.6. The summed E-state index contributed by atoms with van der Waals surface area (Å²) in [7, 11) is 0. The lowest BCUT2D eigenvalue weighted by Crippen LogP contribution is -2.30. The molecule has 0 rings (SSSR count). The second kappa shape index (κ2) is 58.6. The van der Waals surface area contributed by atoms with Crippen LogP contribution in [0.4, 0.5) is 0 Å². The molecule has 0 saturated heterocycles. The highest BCUT2D eigenvalue weighted by molar-refractivity contribution is 5.71. The number of ether oxygens (including phenoxy) is 3. The van der Waals surface area contributed by atoms with Gasteiger partial charge in [0, 0.05) is 19.3 Å². The van der Waals surface area contributed by atoms with Gasteiger partial charge in [-0.05, 0) is 109 Å². The molecule has 0 aromatic heterocycles. The molecule has 0 fully saturated rings. The molecule has 1 unspecified atom stereocenters. The monoisotopic (exact) mass is 985 g/mol. The molecular weight excluding hydrogens is 877 g/mol. The van der Waals surface area contributed by atoms with Crippen LogP contribution in [0.5, 0.6) is 0 Å². The van der Waals surface area contributed by atoms with Crippen molar-refractivity contribution in [2.24, 2.45) is 0 Å². The van der Waals surface area contributed by atoms with E-state index < -0.39 is 6.10 Å². The van der Waals surface area contributed by atoms with E-state index in [4.69, 9.17) is 14.2 Å². The van der Waals surface area contributed by atoms with Gasteiger partial charge in [0.05, 0.1) is 0 Å². The van der Waals surface area contributed by atoms with Gasteiger partial charge >= 0.3 is 17.9 Å². The maximum absolute atomic E-state index is 12.7. The van der Waals surface area contributed by atoms with E-state index in [-0.39, 0.29) is 31.1 Å². The molecule has 0 heterocycles. The summed E-state index contributed by atoms with van der Waals surface area (Å²) in [5, 5.41) is 0. The topological polar surface area (TPSA) is 78.9 Å². The number of esters is 3. The van der Waals surface area contributed by atoms with E-state index in [1.165, 1.54) is 96.3 Å². The quantitative estimate of drug-likeness (QED) is 0.0261. The molecule has 0 aliphatic rings. The van der Waals surface area contributed by atoms with Crippen LogP contribution in [0.3, 0.4) is 0 Å². The third-order valence-corrected chi connectivity index (χ3v) is 12.3. The highest BCUT2D eigenvalue weighted by Gasteiger charge is 2.19. The minimum absolute atomic E-state index is 0.0822. The first-order valence-electron chi connectivity index (χ1n) is 29.4. The van der Waals surface area contributed by atoms with Crippen LogP contribution in [-0.4, -0.2) is 37.2 Å². The Labute approximate surface area is 438 Å². The standard InChI is InChI=1S/C65H108O6/c1-4-7-10-13-15-17-19-21-22-23-24-25-26-27-28-29-30-31-32-33-34-35-36-37-38-39-40-41-42-44-45-47-49-52-55-58-64(67)70-61-62(60-69-63(66)57-54-51-12-9-6-3)71-65(68)59-56-53-50-48-46-43-20-18-16-14-11-8-5-2/h7,10,15,17-18,20-22,24-25,27-28,30-31,33-34,36-37,62H,4-6,8-9,11-14,16,19,23,26,29,32,35,38-61H2,1-3H3/b10-7-,17-15-,20-18-,22-21-,25-24-,28-27-,31-30-,34-33-,37-36-. The summed E-state index contributed by atoms with van der Waals surface area (Å²) in [6.07, 6.45) is 79.9. The van der Waals surface area contributed by atoms with Gasteiger partial charge in [-0.2, -0.15) is 0 Å². The number of hydrogen-bond donors (Lipinski definition) is 0. The lowest BCUT2D eigenvalue weighted by atomic mass is 10.1. The molecule has 0 aromatic carbocycles. The second-order valence-electron chi connectivity index (χ2n) is 19.2. The van der Waals surface area contributed by atoms with Crippen molar-refractivity contribution < 1.29 is 28.6 Å². The minimum atomic E-state index is -0.779. The van der Waals surface area contributed by atoms with Gasteiger partial charge in [-0.1, -0.05) is 246 Å².